The molecule has 3 heterocycles. The van der Waals surface area contributed by atoms with Crippen molar-refractivity contribution in [3.63, 3.8) is 0 Å². The summed E-state index contributed by atoms with van der Waals surface area (Å²) < 4.78 is 5.68. The molecule has 9 nitrogen and oxygen atoms in total. The van der Waals surface area contributed by atoms with E-state index in [4.69, 9.17) is 21.3 Å². The van der Waals surface area contributed by atoms with Gasteiger partial charge in [0, 0.05) is 25.2 Å². The third-order valence-corrected chi connectivity index (χ3v) is 6.14. The van der Waals surface area contributed by atoms with Crippen molar-refractivity contribution in [2.75, 3.05) is 33.3 Å². The lowest BCUT2D eigenvalue weighted by Gasteiger charge is -2.38. The summed E-state index contributed by atoms with van der Waals surface area (Å²) in [5, 5.41) is 13.7. The number of nitrogens with one attached hydrogen (secondary N) is 1. The Hall–Kier alpha value is -2.52. The fraction of sp³-hybridized carbons (Fsp3) is 0.571. The summed E-state index contributed by atoms with van der Waals surface area (Å²) in [5.74, 6) is 0.872. The number of guanidine groups is 1. The monoisotopic (exact) mass is 449 g/mol. The van der Waals surface area contributed by atoms with Crippen molar-refractivity contribution in [1.82, 2.24) is 20.0 Å². The highest BCUT2D eigenvalue weighted by molar-refractivity contribution is 6.30. The first kappa shape index (κ1) is 21.7. The highest BCUT2D eigenvalue weighted by atomic mass is 35.5. The minimum atomic E-state index is -0.859. The number of benzene rings is 1. The molecular weight excluding hydrogens is 422 g/mol. The molecule has 3 aliphatic rings. The number of aliphatic hydroxyl groups is 1. The van der Waals surface area contributed by atoms with Crippen LogP contribution in [0.5, 0.6) is 5.75 Å². The summed E-state index contributed by atoms with van der Waals surface area (Å²) in [5.41, 5.74) is 0. The predicted molar refractivity (Wildman–Crippen MR) is 116 cm³/mol. The molecule has 1 aromatic rings. The lowest BCUT2D eigenvalue weighted by Crippen LogP contribution is -2.65. The standard InChI is InChI=1S/C21H28ClN5O4/c1-25-18-17(19(29)24-21(25)30)27(20(23-18)26-10-4-2-3-5-11-26)12-15(28)13-31-16-8-6-14(22)7-9-16/h6-9,15,17-18,28H,2-5,10-13H2,1H3,(H,24,29,30). The van der Waals surface area contributed by atoms with E-state index < -0.39 is 30.2 Å². The Morgan fingerprint density at radius 1 is 1.19 bits per heavy atom. The number of likely N-dealkylation sites (N-methyl/N-ethyl adjacent to an activating group) is 1. The van der Waals surface area contributed by atoms with E-state index in [0.29, 0.717) is 16.7 Å². The first-order valence-corrected chi connectivity index (χ1v) is 11.1. The summed E-state index contributed by atoms with van der Waals surface area (Å²) in [7, 11) is 1.63. The molecule has 10 heteroatoms. The Morgan fingerprint density at radius 3 is 2.55 bits per heavy atom. The first-order chi connectivity index (χ1) is 14.9. The topological polar surface area (TPSA) is 97.7 Å². The second kappa shape index (κ2) is 9.32. The Balaban J connectivity index is 1.50. The number of imide groups is 1. The number of β-amino-alcohol motifs (C(OH)–C–C–N with tert-alkyl or cyclic N) is 1. The molecule has 2 saturated heterocycles. The van der Waals surface area contributed by atoms with Gasteiger partial charge in [0.2, 0.25) is 0 Å². The average Bonchev–Trinajstić information content (AvgIpc) is 2.93. The maximum absolute atomic E-state index is 12.7. The average molecular weight is 450 g/mol. The summed E-state index contributed by atoms with van der Waals surface area (Å²) in [6, 6.07) is 5.78. The smallest absolute Gasteiger partial charge is 0.325 e. The molecular formula is C21H28ClN5O4. The first-order valence-electron chi connectivity index (χ1n) is 10.7. The van der Waals surface area contributed by atoms with Crippen LogP contribution in [0, 0.1) is 0 Å². The van der Waals surface area contributed by atoms with E-state index in [1.54, 1.807) is 31.3 Å². The Morgan fingerprint density at radius 2 is 1.87 bits per heavy atom. The van der Waals surface area contributed by atoms with Gasteiger partial charge in [0.15, 0.2) is 18.2 Å². The van der Waals surface area contributed by atoms with Crippen molar-refractivity contribution in [2.45, 2.75) is 44.0 Å². The number of fused-ring (bicyclic) bond motifs is 1. The molecule has 0 aromatic heterocycles. The van der Waals surface area contributed by atoms with Crippen molar-refractivity contribution < 1.29 is 19.4 Å². The molecule has 3 aliphatic heterocycles. The number of rotatable bonds is 5. The minimum absolute atomic E-state index is 0.0547. The molecule has 3 amide bonds. The van der Waals surface area contributed by atoms with Crippen LogP contribution in [0.3, 0.4) is 0 Å². The van der Waals surface area contributed by atoms with E-state index in [1.165, 1.54) is 4.90 Å². The van der Waals surface area contributed by atoms with Crippen molar-refractivity contribution in [2.24, 2.45) is 4.99 Å². The molecule has 0 spiro atoms. The number of carbonyl (C=O) groups excluding carboxylic acids is 2. The van der Waals surface area contributed by atoms with E-state index in [0.717, 1.165) is 38.8 Å². The largest absolute Gasteiger partial charge is 0.491 e. The van der Waals surface area contributed by atoms with Gasteiger partial charge in [0.05, 0.1) is 6.54 Å². The molecule has 0 radical (unpaired) electrons. The molecule has 0 saturated carbocycles. The van der Waals surface area contributed by atoms with Gasteiger partial charge in [-0.2, -0.15) is 0 Å². The molecule has 3 atom stereocenters. The quantitative estimate of drug-likeness (QED) is 0.707. The van der Waals surface area contributed by atoms with Crippen LogP contribution in [-0.4, -0.2) is 89.3 Å². The van der Waals surface area contributed by atoms with Gasteiger partial charge in [-0.15, -0.1) is 0 Å². The van der Waals surface area contributed by atoms with Crippen LogP contribution in [0.4, 0.5) is 4.79 Å². The van der Waals surface area contributed by atoms with Crippen LogP contribution < -0.4 is 10.1 Å². The molecule has 2 fully saturated rings. The van der Waals surface area contributed by atoms with Crippen molar-refractivity contribution in [1.29, 1.82) is 0 Å². The molecule has 0 aliphatic carbocycles. The van der Waals surface area contributed by atoms with Gasteiger partial charge in [-0.1, -0.05) is 24.4 Å². The van der Waals surface area contributed by atoms with Gasteiger partial charge in [0.25, 0.3) is 5.91 Å². The molecule has 4 rings (SSSR count). The Kier molecular flexibility index (Phi) is 6.52. The van der Waals surface area contributed by atoms with Crippen LogP contribution >= 0.6 is 11.6 Å². The fourth-order valence-corrected chi connectivity index (χ4v) is 4.37. The number of carbonyl (C=O) groups is 2. The number of urea groups is 1. The summed E-state index contributed by atoms with van der Waals surface area (Å²) in [4.78, 5) is 35.0. The van der Waals surface area contributed by atoms with Crippen LogP contribution in [-0.2, 0) is 4.79 Å². The number of aliphatic imine (C=N–C) groups is 1. The number of halogens is 1. The molecule has 31 heavy (non-hydrogen) atoms. The number of aliphatic hydroxyl groups excluding tert-OH is 1. The van der Waals surface area contributed by atoms with Crippen molar-refractivity contribution in [3.05, 3.63) is 29.3 Å². The highest BCUT2D eigenvalue weighted by Gasteiger charge is 2.50. The minimum Gasteiger partial charge on any atom is -0.491 e. The molecule has 1 aromatic carbocycles. The number of ether oxygens (including phenoxy) is 1. The van der Waals surface area contributed by atoms with E-state index in [9.17, 15) is 14.7 Å². The van der Waals surface area contributed by atoms with Crippen LogP contribution in [0.2, 0.25) is 5.02 Å². The maximum Gasteiger partial charge on any atom is 0.325 e. The van der Waals surface area contributed by atoms with E-state index >= 15 is 0 Å². The van der Waals surface area contributed by atoms with Crippen molar-refractivity contribution >= 4 is 29.5 Å². The fourth-order valence-electron chi connectivity index (χ4n) is 4.24. The summed E-state index contributed by atoms with van der Waals surface area (Å²) in [6.07, 6.45) is 2.95. The van der Waals surface area contributed by atoms with E-state index in [-0.39, 0.29) is 13.2 Å². The van der Waals surface area contributed by atoms with Gasteiger partial charge >= 0.3 is 6.03 Å². The third-order valence-electron chi connectivity index (χ3n) is 5.89. The number of likely N-dealkylation sites (tertiary alicyclic amines) is 1. The van der Waals surface area contributed by atoms with Crippen LogP contribution in [0.15, 0.2) is 29.3 Å². The summed E-state index contributed by atoms with van der Waals surface area (Å²) >= 11 is 5.89. The number of hydrogen-bond acceptors (Lipinski definition) is 7. The number of hydrogen-bond donors (Lipinski definition) is 2. The van der Waals surface area contributed by atoms with Gasteiger partial charge < -0.3 is 24.5 Å². The SMILES string of the molecule is CN1C(=O)NC(=O)C2C1N=C(N1CCCCCC1)N2CC(O)COc1ccc(Cl)cc1. The zero-order valence-electron chi connectivity index (χ0n) is 17.5. The van der Waals surface area contributed by atoms with Crippen molar-refractivity contribution in [3.8, 4) is 5.75 Å². The van der Waals surface area contributed by atoms with Gasteiger partial charge in [-0.3, -0.25) is 10.1 Å². The zero-order valence-corrected chi connectivity index (χ0v) is 18.3. The Bertz CT molecular complexity index is 841. The van der Waals surface area contributed by atoms with Gasteiger partial charge in [-0.05, 0) is 37.1 Å². The number of nitrogens with zero attached hydrogens (tertiary/aromatic N) is 4. The van der Waals surface area contributed by atoms with Gasteiger partial charge in [0.1, 0.15) is 18.5 Å². The lowest BCUT2D eigenvalue weighted by atomic mass is 10.1. The van der Waals surface area contributed by atoms with Gasteiger partial charge in [-0.25, -0.2) is 9.79 Å². The third kappa shape index (κ3) is 4.72. The molecule has 3 unspecified atom stereocenters. The normalized spacial score (nSPS) is 25.0. The predicted octanol–water partition coefficient (Wildman–Crippen LogP) is 1.50. The summed E-state index contributed by atoms with van der Waals surface area (Å²) in [6.45, 7) is 1.90. The van der Waals surface area contributed by atoms with Crippen LogP contribution in [0.1, 0.15) is 25.7 Å². The maximum atomic E-state index is 12.7. The van der Waals surface area contributed by atoms with E-state index in [1.807, 2.05) is 4.90 Å². The van der Waals surface area contributed by atoms with E-state index in [2.05, 4.69) is 10.2 Å². The second-order valence-corrected chi connectivity index (χ2v) is 8.60. The number of amides is 3. The Labute approximate surface area is 186 Å². The molecule has 0 bridgehead atoms. The molecule has 168 valence electrons. The zero-order chi connectivity index (χ0) is 22.0. The lowest BCUT2D eigenvalue weighted by molar-refractivity contribution is -0.127. The highest BCUT2D eigenvalue weighted by Crippen LogP contribution is 2.27. The second-order valence-electron chi connectivity index (χ2n) is 8.17. The molecule has 2 N–H and O–H groups in total. The van der Waals surface area contributed by atoms with Crippen LogP contribution in [0.25, 0.3) is 0 Å².